The van der Waals surface area contributed by atoms with Gasteiger partial charge in [-0.3, -0.25) is 15.2 Å². The summed E-state index contributed by atoms with van der Waals surface area (Å²) in [6, 6.07) is 16.2. The molecule has 0 saturated carbocycles. The van der Waals surface area contributed by atoms with Crippen LogP contribution in [-0.4, -0.2) is 43.5 Å². The van der Waals surface area contributed by atoms with Crippen molar-refractivity contribution in [2.75, 3.05) is 18.4 Å². The highest BCUT2D eigenvalue weighted by molar-refractivity contribution is 5.95. The topological polar surface area (TPSA) is 107 Å². The first-order valence-electron chi connectivity index (χ1n) is 10.8. The molecule has 8 heteroatoms. The van der Waals surface area contributed by atoms with Crippen LogP contribution < -0.4 is 10.6 Å². The van der Waals surface area contributed by atoms with E-state index in [0.717, 1.165) is 69.4 Å². The van der Waals surface area contributed by atoms with Crippen LogP contribution in [0.1, 0.15) is 11.3 Å². The van der Waals surface area contributed by atoms with E-state index < -0.39 is 0 Å². The number of nitrogens with one attached hydrogen (secondary N) is 4. The number of nitrogens with zero attached hydrogens (tertiary/aromatic N) is 4. The summed E-state index contributed by atoms with van der Waals surface area (Å²) in [6.45, 7) is 3.78. The second-order valence-electron chi connectivity index (χ2n) is 8.06. The lowest BCUT2D eigenvalue weighted by atomic mass is 10.0. The van der Waals surface area contributed by atoms with Crippen LogP contribution in [0.2, 0.25) is 0 Å². The Morgan fingerprint density at radius 2 is 1.94 bits per heavy atom. The number of aryl methyl sites for hydroxylation is 1. The molecule has 5 aromatic rings. The number of aromatic amines is 2. The molecule has 1 aliphatic heterocycles. The fourth-order valence-corrected chi connectivity index (χ4v) is 4.13. The zero-order valence-electron chi connectivity index (χ0n) is 18.1. The fourth-order valence-electron chi connectivity index (χ4n) is 4.13. The first-order chi connectivity index (χ1) is 16.2. The molecule has 4 aromatic heterocycles. The Balaban J connectivity index is 1.32. The van der Waals surface area contributed by atoms with Crippen LogP contribution in [0.25, 0.3) is 39.0 Å². The Bertz CT molecular complexity index is 1480. The summed E-state index contributed by atoms with van der Waals surface area (Å²) in [5.41, 5.74) is 8.00. The van der Waals surface area contributed by atoms with Gasteiger partial charge in [0.1, 0.15) is 11.5 Å². The van der Waals surface area contributed by atoms with E-state index in [1.165, 1.54) is 5.57 Å². The molecule has 1 aromatic carbocycles. The number of anilines is 2. The van der Waals surface area contributed by atoms with Crippen LogP contribution in [0, 0.1) is 6.92 Å². The molecule has 0 spiro atoms. The molecule has 0 amide bonds. The maximum absolute atomic E-state index is 4.63. The van der Waals surface area contributed by atoms with E-state index in [1.54, 1.807) is 0 Å². The highest BCUT2D eigenvalue weighted by Crippen LogP contribution is 2.33. The zero-order chi connectivity index (χ0) is 22.2. The maximum atomic E-state index is 4.63. The molecule has 4 N–H and O–H groups in total. The van der Waals surface area contributed by atoms with Gasteiger partial charge in [0.25, 0.3) is 0 Å². The van der Waals surface area contributed by atoms with Gasteiger partial charge in [-0.25, -0.2) is 4.98 Å². The normalized spacial score (nSPS) is 13.4. The number of H-pyrrole nitrogens is 2. The fraction of sp³-hybridized carbons (Fsp3) is 0.120. The summed E-state index contributed by atoms with van der Waals surface area (Å²) in [7, 11) is 0. The van der Waals surface area contributed by atoms with E-state index in [1.807, 2.05) is 49.6 Å². The van der Waals surface area contributed by atoms with E-state index >= 15 is 0 Å². The minimum atomic E-state index is 0.729. The Hall–Kier alpha value is -4.30. The number of hydrogen-bond donors (Lipinski definition) is 4. The van der Waals surface area contributed by atoms with Gasteiger partial charge in [0, 0.05) is 42.1 Å². The quantitative estimate of drug-likeness (QED) is 0.326. The van der Waals surface area contributed by atoms with Crippen molar-refractivity contribution in [1.82, 2.24) is 35.7 Å². The lowest BCUT2D eigenvalue weighted by Gasteiger charge is -2.07. The van der Waals surface area contributed by atoms with Gasteiger partial charge in [0.05, 0.1) is 11.2 Å². The van der Waals surface area contributed by atoms with Crippen LogP contribution in [0.15, 0.2) is 67.0 Å². The largest absolute Gasteiger partial charge is 0.323 e. The van der Waals surface area contributed by atoms with Crippen molar-refractivity contribution in [3.63, 3.8) is 0 Å². The molecule has 0 saturated heterocycles. The summed E-state index contributed by atoms with van der Waals surface area (Å²) < 4.78 is 0. The van der Waals surface area contributed by atoms with Crippen molar-refractivity contribution in [2.24, 2.45) is 0 Å². The Labute approximate surface area is 190 Å². The molecule has 33 heavy (non-hydrogen) atoms. The third kappa shape index (κ3) is 3.66. The third-order valence-electron chi connectivity index (χ3n) is 5.83. The highest BCUT2D eigenvalue weighted by atomic mass is 15.2. The van der Waals surface area contributed by atoms with Crippen LogP contribution in [0.5, 0.6) is 0 Å². The Kier molecular flexibility index (Phi) is 4.70. The molecule has 6 rings (SSSR count). The monoisotopic (exact) mass is 434 g/mol. The second-order valence-corrected chi connectivity index (χ2v) is 8.06. The molecule has 0 radical (unpaired) electrons. The van der Waals surface area contributed by atoms with E-state index in [9.17, 15) is 0 Å². The molecular formula is C25H22N8. The molecule has 0 fully saturated rings. The number of rotatable bonds is 5. The molecule has 0 unspecified atom stereocenters. The van der Waals surface area contributed by atoms with Crippen molar-refractivity contribution in [3.8, 4) is 22.5 Å². The minimum absolute atomic E-state index is 0.729. The lowest BCUT2D eigenvalue weighted by Crippen LogP contribution is -2.07. The van der Waals surface area contributed by atoms with Crippen molar-refractivity contribution < 1.29 is 0 Å². The smallest absolute Gasteiger partial charge is 0.161 e. The average molecular weight is 435 g/mol. The van der Waals surface area contributed by atoms with Crippen molar-refractivity contribution in [3.05, 3.63) is 78.3 Å². The van der Waals surface area contributed by atoms with Crippen LogP contribution in [0.4, 0.5) is 11.6 Å². The predicted octanol–water partition coefficient (Wildman–Crippen LogP) is 4.45. The zero-order valence-corrected chi connectivity index (χ0v) is 18.1. The van der Waals surface area contributed by atoms with E-state index in [0.29, 0.717) is 0 Å². The highest BCUT2D eigenvalue weighted by Gasteiger charge is 2.15. The second kappa shape index (κ2) is 7.99. The molecule has 1 aliphatic rings. The first-order valence-corrected chi connectivity index (χ1v) is 10.8. The van der Waals surface area contributed by atoms with Crippen molar-refractivity contribution >= 4 is 28.1 Å². The number of aromatic nitrogens is 6. The predicted molar refractivity (Wildman–Crippen MR) is 130 cm³/mol. The van der Waals surface area contributed by atoms with Gasteiger partial charge in [-0.15, -0.1) is 0 Å². The number of fused-ring (bicyclic) bond motifs is 1. The molecular weight excluding hydrogens is 412 g/mol. The maximum Gasteiger partial charge on any atom is 0.161 e. The van der Waals surface area contributed by atoms with Gasteiger partial charge in [-0.2, -0.15) is 10.2 Å². The minimum Gasteiger partial charge on any atom is -0.323 e. The molecule has 0 atom stereocenters. The number of benzene rings is 1. The number of pyridine rings is 2. The Morgan fingerprint density at radius 1 is 1.00 bits per heavy atom. The van der Waals surface area contributed by atoms with Crippen LogP contribution >= 0.6 is 0 Å². The van der Waals surface area contributed by atoms with Gasteiger partial charge in [-0.05, 0) is 60.0 Å². The molecule has 162 valence electrons. The van der Waals surface area contributed by atoms with Gasteiger partial charge >= 0.3 is 0 Å². The molecule has 8 nitrogen and oxygen atoms in total. The lowest BCUT2D eigenvalue weighted by molar-refractivity contribution is 0.897. The van der Waals surface area contributed by atoms with Crippen molar-refractivity contribution in [1.29, 1.82) is 0 Å². The molecule has 0 aliphatic carbocycles. The van der Waals surface area contributed by atoms with Gasteiger partial charge in [-0.1, -0.05) is 18.2 Å². The van der Waals surface area contributed by atoms with E-state index in [-0.39, 0.29) is 0 Å². The SMILES string of the molecule is Cc1cccc(-c2n[nH]cc2-c2ccc3[nH]nc(Nc4ccc(C5=CCNC5)cn4)c3c2)n1. The van der Waals surface area contributed by atoms with E-state index in [2.05, 4.69) is 65.3 Å². The summed E-state index contributed by atoms with van der Waals surface area (Å²) in [4.78, 5) is 9.22. The first kappa shape index (κ1) is 19.4. The molecule has 0 bridgehead atoms. The standard InChI is InChI=1S/C25H22N8/c1-15-3-2-4-22(29-15)24-20(14-28-32-24)16-5-7-21-19(11-16)25(33-31-21)30-23-8-6-17(13-27-23)18-9-10-26-12-18/h2-9,11,13-14,26H,10,12H2,1H3,(H,28,32)(H2,27,30,31,33). The summed E-state index contributed by atoms with van der Waals surface area (Å²) in [5, 5.41) is 22.7. The number of hydrogen-bond acceptors (Lipinski definition) is 6. The van der Waals surface area contributed by atoms with Crippen LogP contribution in [-0.2, 0) is 0 Å². The van der Waals surface area contributed by atoms with Gasteiger partial charge in [0.2, 0.25) is 0 Å². The Morgan fingerprint density at radius 3 is 2.76 bits per heavy atom. The summed E-state index contributed by atoms with van der Waals surface area (Å²) in [5.74, 6) is 1.48. The average Bonchev–Trinajstić information content (AvgIpc) is 3.61. The molecule has 5 heterocycles. The summed E-state index contributed by atoms with van der Waals surface area (Å²) >= 11 is 0. The van der Waals surface area contributed by atoms with Gasteiger partial charge < -0.3 is 10.6 Å². The van der Waals surface area contributed by atoms with Crippen molar-refractivity contribution in [2.45, 2.75) is 6.92 Å². The van der Waals surface area contributed by atoms with Crippen LogP contribution in [0.3, 0.4) is 0 Å². The summed E-state index contributed by atoms with van der Waals surface area (Å²) in [6.07, 6.45) is 6.00. The van der Waals surface area contributed by atoms with Gasteiger partial charge in [0.15, 0.2) is 5.82 Å². The third-order valence-corrected chi connectivity index (χ3v) is 5.83. The van der Waals surface area contributed by atoms with E-state index in [4.69, 9.17) is 0 Å².